The lowest BCUT2D eigenvalue weighted by atomic mass is 10.1. The number of carbonyl (C=O) groups excluding carboxylic acids is 1. The van der Waals surface area contributed by atoms with E-state index in [1.165, 1.54) is 0 Å². The van der Waals surface area contributed by atoms with Gasteiger partial charge in [-0.25, -0.2) is 4.79 Å². The van der Waals surface area contributed by atoms with Crippen LogP contribution in [0.25, 0.3) is 0 Å². The fraction of sp³-hybridized carbons (Fsp3) is 0.562. The van der Waals surface area contributed by atoms with Gasteiger partial charge in [0.15, 0.2) is 0 Å². The average Bonchev–Trinajstić information content (AvgIpc) is 2.52. The molecule has 5 heteroatoms. The van der Waals surface area contributed by atoms with Crippen LogP contribution in [0.4, 0.5) is 11.4 Å². The third-order valence-corrected chi connectivity index (χ3v) is 3.79. The molecule has 1 aromatic rings. The molecule has 1 aliphatic rings. The summed E-state index contributed by atoms with van der Waals surface area (Å²) in [5, 5.41) is 3.08. The molecular formula is C16H25N3O2. The predicted octanol–water partition coefficient (Wildman–Crippen LogP) is 2.05. The molecule has 0 atom stereocenters. The van der Waals surface area contributed by atoms with Gasteiger partial charge in [0, 0.05) is 38.9 Å². The van der Waals surface area contributed by atoms with Crippen LogP contribution in [0, 0.1) is 0 Å². The highest BCUT2D eigenvalue weighted by Gasteiger charge is 2.21. The number of benzene rings is 1. The fourth-order valence-corrected chi connectivity index (χ4v) is 2.45. The number of nitrogens with one attached hydrogen (secondary N) is 1. The molecule has 1 fully saturated rings. The van der Waals surface area contributed by atoms with Crippen molar-refractivity contribution in [3.8, 4) is 0 Å². The Labute approximate surface area is 126 Å². The quantitative estimate of drug-likeness (QED) is 0.841. The number of likely N-dealkylation sites (N-methyl/N-ethyl adjacent to an activating group) is 1. The summed E-state index contributed by atoms with van der Waals surface area (Å²) in [4.78, 5) is 16.9. The standard InChI is InChI=1S/C16H25N3O2/c1-4-11-21-16(20)14-12-13(17-2)5-6-15(14)19-9-7-18(3)8-10-19/h5-6,12,17H,4,7-11H2,1-3H3. The summed E-state index contributed by atoms with van der Waals surface area (Å²) in [5.41, 5.74) is 2.55. The van der Waals surface area contributed by atoms with Crippen molar-refractivity contribution in [3.63, 3.8) is 0 Å². The molecule has 1 N–H and O–H groups in total. The third-order valence-electron chi connectivity index (χ3n) is 3.79. The van der Waals surface area contributed by atoms with E-state index < -0.39 is 0 Å². The third kappa shape index (κ3) is 3.88. The van der Waals surface area contributed by atoms with Crippen LogP contribution in [0.1, 0.15) is 23.7 Å². The second-order valence-electron chi connectivity index (χ2n) is 5.41. The predicted molar refractivity (Wildman–Crippen MR) is 86.3 cm³/mol. The summed E-state index contributed by atoms with van der Waals surface area (Å²) >= 11 is 0. The highest BCUT2D eigenvalue weighted by molar-refractivity contribution is 5.97. The molecule has 0 aliphatic carbocycles. The Kier molecular flexibility index (Phi) is 5.44. The average molecular weight is 291 g/mol. The molecule has 1 saturated heterocycles. The summed E-state index contributed by atoms with van der Waals surface area (Å²) in [6.07, 6.45) is 0.835. The minimum Gasteiger partial charge on any atom is -0.462 e. The largest absolute Gasteiger partial charge is 0.462 e. The molecule has 0 aromatic heterocycles. The maximum Gasteiger partial charge on any atom is 0.340 e. The summed E-state index contributed by atoms with van der Waals surface area (Å²) in [5.74, 6) is -0.233. The van der Waals surface area contributed by atoms with E-state index >= 15 is 0 Å². The molecular weight excluding hydrogens is 266 g/mol. The number of carbonyl (C=O) groups is 1. The summed E-state index contributed by atoms with van der Waals surface area (Å²) in [6.45, 7) is 6.35. The van der Waals surface area contributed by atoms with E-state index in [0.29, 0.717) is 12.2 Å². The van der Waals surface area contributed by atoms with Crippen LogP contribution in [-0.4, -0.2) is 57.8 Å². The van der Waals surface area contributed by atoms with Crippen LogP contribution in [0.2, 0.25) is 0 Å². The molecule has 1 aromatic carbocycles. The maximum absolute atomic E-state index is 12.3. The van der Waals surface area contributed by atoms with Crippen molar-refractivity contribution in [2.45, 2.75) is 13.3 Å². The number of rotatable bonds is 5. The van der Waals surface area contributed by atoms with Gasteiger partial charge < -0.3 is 19.9 Å². The number of hydrogen-bond acceptors (Lipinski definition) is 5. The Morgan fingerprint density at radius 3 is 2.62 bits per heavy atom. The lowest BCUT2D eigenvalue weighted by molar-refractivity contribution is 0.0505. The Bertz CT molecular complexity index is 482. The summed E-state index contributed by atoms with van der Waals surface area (Å²) in [6, 6.07) is 5.90. The molecule has 0 spiro atoms. The first-order chi connectivity index (χ1) is 10.2. The van der Waals surface area contributed by atoms with Crippen molar-refractivity contribution in [3.05, 3.63) is 23.8 Å². The number of anilines is 2. The zero-order valence-corrected chi connectivity index (χ0v) is 13.2. The number of esters is 1. The lowest BCUT2D eigenvalue weighted by Crippen LogP contribution is -2.45. The zero-order chi connectivity index (χ0) is 15.2. The fourth-order valence-electron chi connectivity index (χ4n) is 2.45. The molecule has 0 amide bonds. The van der Waals surface area contributed by atoms with E-state index in [0.717, 1.165) is 44.0 Å². The van der Waals surface area contributed by atoms with Gasteiger partial charge in [-0.05, 0) is 31.7 Å². The maximum atomic E-state index is 12.3. The van der Waals surface area contributed by atoms with Gasteiger partial charge in [-0.1, -0.05) is 6.92 Å². The smallest absolute Gasteiger partial charge is 0.340 e. The first-order valence-corrected chi connectivity index (χ1v) is 7.58. The van der Waals surface area contributed by atoms with Crippen molar-refractivity contribution < 1.29 is 9.53 Å². The molecule has 0 bridgehead atoms. The summed E-state index contributed by atoms with van der Waals surface area (Å²) in [7, 11) is 3.98. The highest BCUT2D eigenvalue weighted by Crippen LogP contribution is 2.26. The number of nitrogens with zero attached hydrogens (tertiary/aromatic N) is 2. The molecule has 2 rings (SSSR count). The minimum absolute atomic E-state index is 0.233. The van der Waals surface area contributed by atoms with E-state index in [4.69, 9.17) is 4.74 Å². The van der Waals surface area contributed by atoms with Gasteiger partial charge in [0.05, 0.1) is 17.9 Å². The SMILES string of the molecule is CCCOC(=O)c1cc(NC)ccc1N1CCN(C)CC1. The molecule has 0 unspecified atom stereocenters. The Morgan fingerprint density at radius 2 is 2.00 bits per heavy atom. The summed E-state index contributed by atoms with van der Waals surface area (Å²) < 4.78 is 5.33. The van der Waals surface area contributed by atoms with Crippen LogP contribution in [-0.2, 0) is 4.74 Å². The van der Waals surface area contributed by atoms with E-state index in [1.54, 1.807) is 0 Å². The molecule has 116 valence electrons. The van der Waals surface area contributed by atoms with E-state index in [2.05, 4.69) is 22.2 Å². The van der Waals surface area contributed by atoms with Gasteiger partial charge in [0.25, 0.3) is 0 Å². The van der Waals surface area contributed by atoms with Crippen LogP contribution >= 0.6 is 0 Å². The second-order valence-corrected chi connectivity index (χ2v) is 5.41. The second kappa shape index (κ2) is 7.31. The first kappa shape index (κ1) is 15.6. The van der Waals surface area contributed by atoms with E-state index in [-0.39, 0.29) is 5.97 Å². The van der Waals surface area contributed by atoms with Crippen molar-refractivity contribution >= 4 is 17.3 Å². The van der Waals surface area contributed by atoms with Crippen molar-refractivity contribution in [2.75, 3.05) is 57.1 Å². The molecule has 21 heavy (non-hydrogen) atoms. The van der Waals surface area contributed by atoms with Gasteiger partial charge in [-0.3, -0.25) is 0 Å². The van der Waals surface area contributed by atoms with Crippen LogP contribution in [0.3, 0.4) is 0 Å². The normalized spacial score (nSPS) is 15.9. The van der Waals surface area contributed by atoms with Crippen LogP contribution < -0.4 is 10.2 Å². The van der Waals surface area contributed by atoms with Gasteiger partial charge in [-0.15, -0.1) is 0 Å². The Balaban J connectivity index is 2.24. The van der Waals surface area contributed by atoms with E-state index in [9.17, 15) is 4.79 Å². The first-order valence-electron chi connectivity index (χ1n) is 7.58. The van der Waals surface area contributed by atoms with Crippen molar-refractivity contribution in [1.82, 2.24) is 4.90 Å². The van der Waals surface area contributed by atoms with E-state index in [1.807, 2.05) is 32.2 Å². The van der Waals surface area contributed by atoms with Gasteiger partial charge >= 0.3 is 5.97 Å². The van der Waals surface area contributed by atoms with Crippen molar-refractivity contribution in [2.24, 2.45) is 0 Å². The Morgan fingerprint density at radius 1 is 1.29 bits per heavy atom. The Hall–Kier alpha value is -1.75. The van der Waals surface area contributed by atoms with Gasteiger partial charge in [0.1, 0.15) is 0 Å². The number of ether oxygens (including phenoxy) is 1. The van der Waals surface area contributed by atoms with Gasteiger partial charge in [0.2, 0.25) is 0 Å². The molecule has 1 aliphatic heterocycles. The van der Waals surface area contributed by atoms with Crippen LogP contribution in [0.5, 0.6) is 0 Å². The zero-order valence-electron chi connectivity index (χ0n) is 13.2. The molecule has 0 saturated carbocycles. The molecule has 1 heterocycles. The lowest BCUT2D eigenvalue weighted by Gasteiger charge is -2.35. The molecule has 5 nitrogen and oxygen atoms in total. The molecule has 0 radical (unpaired) electrons. The monoisotopic (exact) mass is 291 g/mol. The van der Waals surface area contributed by atoms with Gasteiger partial charge in [-0.2, -0.15) is 0 Å². The topological polar surface area (TPSA) is 44.8 Å². The number of piperazine rings is 1. The number of hydrogen-bond donors (Lipinski definition) is 1. The van der Waals surface area contributed by atoms with Crippen molar-refractivity contribution in [1.29, 1.82) is 0 Å². The minimum atomic E-state index is -0.233. The van der Waals surface area contributed by atoms with Crippen LogP contribution in [0.15, 0.2) is 18.2 Å². The highest BCUT2D eigenvalue weighted by atomic mass is 16.5.